The highest BCUT2D eigenvalue weighted by Gasteiger charge is 2.30. The SMILES string of the molecule is CN(C(=O)c1ccc(Cn2cnc3ccccc32)cc1)C1CCN(C(=O)OC(C)(C)C)CC1. The summed E-state index contributed by atoms with van der Waals surface area (Å²) in [6, 6.07) is 15.9. The zero-order valence-corrected chi connectivity index (χ0v) is 19.8. The Labute approximate surface area is 195 Å². The Hall–Kier alpha value is -3.35. The van der Waals surface area contributed by atoms with E-state index in [1.165, 1.54) is 0 Å². The average Bonchev–Trinajstić information content (AvgIpc) is 3.20. The first kappa shape index (κ1) is 22.8. The van der Waals surface area contributed by atoms with E-state index in [4.69, 9.17) is 4.74 Å². The van der Waals surface area contributed by atoms with Gasteiger partial charge in [-0.2, -0.15) is 0 Å². The average molecular weight is 449 g/mol. The van der Waals surface area contributed by atoms with Crippen LogP contribution >= 0.6 is 0 Å². The summed E-state index contributed by atoms with van der Waals surface area (Å²) in [4.78, 5) is 33.3. The first-order valence-corrected chi connectivity index (χ1v) is 11.5. The van der Waals surface area contributed by atoms with E-state index in [1.54, 1.807) is 4.90 Å². The van der Waals surface area contributed by atoms with Gasteiger partial charge in [0.1, 0.15) is 5.60 Å². The Morgan fingerprint density at radius 1 is 1.06 bits per heavy atom. The van der Waals surface area contributed by atoms with Crippen molar-refractivity contribution in [1.82, 2.24) is 19.4 Å². The molecule has 7 nitrogen and oxygen atoms in total. The smallest absolute Gasteiger partial charge is 0.410 e. The molecule has 1 aromatic heterocycles. The second-order valence-corrected chi connectivity index (χ2v) is 9.67. The molecule has 0 spiro atoms. The fourth-order valence-corrected chi connectivity index (χ4v) is 4.22. The molecule has 33 heavy (non-hydrogen) atoms. The van der Waals surface area contributed by atoms with E-state index in [-0.39, 0.29) is 18.0 Å². The number of amides is 2. The second kappa shape index (κ2) is 9.25. The van der Waals surface area contributed by atoms with Gasteiger partial charge in [0.25, 0.3) is 5.91 Å². The second-order valence-electron chi connectivity index (χ2n) is 9.67. The third-order valence-corrected chi connectivity index (χ3v) is 6.07. The minimum Gasteiger partial charge on any atom is -0.444 e. The molecule has 2 heterocycles. The van der Waals surface area contributed by atoms with Crippen LogP contribution in [0.3, 0.4) is 0 Å². The summed E-state index contributed by atoms with van der Waals surface area (Å²) in [5, 5.41) is 0. The van der Waals surface area contributed by atoms with Gasteiger partial charge >= 0.3 is 6.09 Å². The van der Waals surface area contributed by atoms with E-state index in [2.05, 4.69) is 15.6 Å². The maximum absolute atomic E-state index is 13.1. The minimum atomic E-state index is -0.502. The number of carbonyl (C=O) groups is 2. The lowest BCUT2D eigenvalue weighted by atomic mass is 10.0. The van der Waals surface area contributed by atoms with Crippen LogP contribution in [0.15, 0.2) is 54.9 Å². The fraction of sp³-hybridized carbons (Fsp3) is 0.423. The maximum atomic E-state index is 13.1. The summed E-state index contributed by atoms with van der Waals surface area (Å²) in [6.45, 7) is 7.49. The van der Waals surface area contributed by atoms with Crippen molar-refractivity contribution < 1.29 is 14.3 Å². The molecular formula is C26H32N4O3. The van der Waals surface area contributed by atoms with Gasteiger partial charge in [-0.25, -0.2) is 9.78 Å². The van der Waals surface area contributed by atoms with Crippen LogP contribution in [-0.4, -0.2) is 63.1 Å². The summed E-state index contributed by atoms with van der Waals surface area (Å²) in [5.74, 6) is 0.00495. The Morgan fingerprint density at radius 3 is 2.39 bits per heavy atom. The van der Waals surface area contributed by atoms with Crippen molar-refractivity contribution in [3.8, 4) is 0 Å². The predicted octanol–water partition coefficient (Wildman–Crippen LogP) is 4.56. The van der Waals surface area contributed by atoms with Gasteiger partial charge in [0.05, 0.1) is 17.4 Å². The number of carbonyl (C=O) groups excluding carboxylic acids is 2. The van der Waals surface area contributed by atoms with Crippen molar-refractivity contribution in [2.45, 2.75) is 51.8 Å². The van der Waals surface area contributed by atoms with Crippen LogP contribution in [0.2, 0.25) is 0 Å². The molecule has 0 atom stereocenters. The lowest BCUT2D eigenvalue weighted by Crippen LogP contribution is -2.48. The van der Waals surface area contributed by atoms with Gasteiger partial charge in [0.2, 0.25) is 0 Å². The fourth-order valence-electron chi connectivity index (χ4n) is 4.22. The number of hydrogen-bond acceptors (Lipinski definition) is 4. The maximum Gasteiger partial charge on any atom is 0.410 e. The van der Waals surface area contributed by atoms with Crippen molar-refractivity contribution in [1.29, 1.82) is 0 Å². The first-order chi connectivity index (χ1) is 15.7. The van der Waals surface area contributed by atoms with Gasteiger partial charge in [-0.1, -0.05) is 24.3 Å². The zero-order chi connectivity index (χ0) is 23.6. The standard InChI is InChI=1S/C26H32N4O3/c1-26(2,3)33-25(32)29-15-13-21(14-16-29)28(4)24(31)20-11-9-19(10-12-20)17-30-18-27-22-7-5-6-8-23(22)30/h5-12,18,21H,13-17H2,1-4H3. The molecule has 3 aromatic rings. The number of fused-ring (bicyclic) bond motifs is 1. The van der Waals surface area contributed by atoms with Crippen LogP contribution in [0.4, 0.5) is 4.79 Å². The van der Waals surface area contributed by atoms with Gasteiger partial charge < -0.3 is 19.1 Å². The Bertz CT molecular complexity index is 1120. The molecule has 7 heteroatoms. The molecule has 1 saturated heterocycles. The van der Waals surface area contributed by atoms with Gasteiger partial charge in [-0.05, 0) is 63.4 Å². The normalized spacial score (nSPS) is 15.0. The molecule has 0 saturated carbocycles. The van der Waals surface area contributed by atoms with E-state index in [1.807, 2.05) is 81.5 Å². The number of likely N-dealkylation sites (tertiary alicyclic amines) is 1. The summed E-state index contributed by atoms with van der Waals surface area (Å²) in [6.07, 6.45) is 3.05. The van der Waals surface area contributed by atoms with Crippen LogP contribution in [0.5, 0.6) is 0 Å². The van der Waals surface area contributed by atoms with E-state index >= 15 is 0 Å². The molecule has 0 bridgehead atoms. The number of rotatable bonds is 4. The molecule has 2 amide bonds. The third-order valence-electron chi connectivity index (χ3n) is 6.07. The third kappa shape index (κ3) is 5.35. The number of benzene rings is 2. The molecule has 2 aromatic carbocycles. The summed E-state index contributed by atoms with van der Waals surface area (Å²) >= 11 is 0. The molecular weight excluding hydrogens is 416 g/mol. The first-order valence-electron chi connectivity index (χ1n) is 11.5. The van der Waals surface area contributed by atoms with Crippen LogP contribution < -0.4 is 0 Å². The van der Waals surface area contributed by atoms with Crippen LogP contribution in [-0.2, 0) is 11.3 Å². The Balaban J connectivity index is 1.34. The van der Waals surface area contributed by atoms with Crippen LogP contribution in [0, 0.1) is 0 Å². The largest absolute Gasteiger partial charge is 0.444 e. The molecule has 1 aliphatic heterocycles. The zero-order valence-electron chi connectivity index (χ0n) is 19.8. The number of hydrogen-bond donors (Lipinski definition) is 0. The van der Waals surface area contributed by atoms with Crippen molar-refractivity contribution in [2.75, 3.05) is 20.1 Å². The van der Waals surface area contributed by atoms with Crippen molar-refractivity contribution in [2.24, 2.45) is 0 Å². The van der Waals surface area contributed by atoms with Gasteiger partial charge in [0.15, 0.2) is 0 Å². The van der Waals surface area contributed by atoms with Crippen LogP contribution in [0.1, 0.15) is 49.5 Å². The van der Waals surface area contributed by atoms with E-state index in [0.29, 0.717) is 25.2 Å². The number of aromatic nitrogens is 2. The monoisotopic (exact) mass is 448 g/mol. The van der Waals surface area contributed by atoms with Crippen molar-refractivity contribution in [3.63, 3.8) is 0 Å². The molecule has 1 aliphatic rings. The number of imidazole rings is 1. The number of piperidine rings is 1. The molecule has 0 N–H and O–H groups in total. The predicted molar refractivity (Wildman–Crippen MR) is 128 cm³/mol. The van der Waals surface area contributed by atoms with E-state index in [9.17, 15) is 9.59 Å². The van der Waals surface area contributed by atoms with Crippen molar-refractivity contribution >= 4 is 23.0 Å². The quantitative estimate of drug-likeness (QED) is 0.587. The van der Waals surface area contributed by atoms with Gasteiger partial charge in [0, 0.05) is 38.3 Å². The molecule has 0 radical (unpaired) electrons. The highest BCUT2D eigenvalue weighted by atomic mass is 16.6. The molecule has 0 unspecified atom stereocenters. The summed E-state index contributed by atoms with van der Waals surface area (Å²) in [7, 11) is 1.85. The number of nitrogens with zero attached hydrogens (tertiary/aromatic N) is 4. The molecule has 4 rings (SSSR count). The number of ether oxygens (including phenoxy) is 1. The highest BCUT2D eigenvalue weighted by Crippen LogP contribution is 2.21. The molecule has 0 aliphatic carbocycles. The highest BCUT2D eigenvalue weighted by molar-refractivity contribution is 5.94. The molecule has 174 valence electrons. The van der Waals surface area contributed by atoms with Crippen LogP contribution in [0.25, 0.3) is 11.0 Å². The lowest BCUT2D eigenvalue weighted by Gasteiger charge is -2.37. The topological polar surface area (TPSA) is 67.7 Å². The minimum absolute atomic E-state index is 0.00495. The Kier molecular flexibility index (Phi) is 6.40. The van der Waals surface area contributed by atoms with E-state index in [0.717, 1.165) is 29.4 Å². The van der Waals surface area contributed by atoms with Gasteiger partial charge in [-0.3, -0.25) is 4.79 Å². The summed E-state index contributed by atoms with van der Waals surface area (Å²) in [5.41, 5.74) is 3.35. The molecule has 1 fully saturated rings. The lowest BCUT2D eigenvalue weighted by molar-refractivity contribution is 0.0160. The number of para-hydroxylation sites is 2. The Morgan fingerprint density at radius 2 is 1.73 bits per heavy atom. The summed E-state index contributed by atoms with van der Waals surface area (Å²) < 4.78 is 7.57. The van der Waals surface area contributed by atoms with Crippen molar-refractivity contribution in [3.05, 3.63) is 66.0 Å². The van der Waals surface area contributed by atoms with E-state index < -0.39 is 5.60 Å². The van der Waals surface area contributed by atoms with Gasteiger partial charge in [-0.15, -0.1) is 0 Å².